The maximum absolute atomic E-state index is 4.70. The first-order chi connectivity index (χ1) is 8.34. The lowest BCUT2D eigenvalue weighted by Gasteiger charge is -2.25. The predicted molar refractivity (Wildman–Crippen MR) is 73.6 cm³/mol. The van der Waals surface area contributed by atoms with Crippen LogP contribution in [0.3, 0.4) is 0 Å². The first kappa shape index (κ1) is 11.6. The van der Waals surface area contributed by atoms with E-state index in [0.717, 1.165) is 5.92 Å². The van der Waals surface area contributed by atoms with Crippen LogP contribution < -0.4 is 0 Å². The Hall–Kier alpha value is -0.440. The summed E-state index contributed by atoms with van der Waals surface area (Å²) in [6.07, 6.45) is 8.80. The van der Waals surface area contributed by atoms with E-state index < -0.39 is 0 Å². The molecule has 94 valence electrons. The van der Waals surface area contributed by atoms with E-state index in [2.05, 4.69) is 29.4 Å². The van der Waals surface area contributed by atoms with Gasteiger partial charge in [0.2, 0.25) is 0 Å². The van der Waals surface area contributed by atoms with Gasteiger partial charge >= 0.3 is 0 Å². The van der Waals surface area contributed by atoms with Crippen molar-refractivity contribution in [2.24, 2.45) is 5.92 Å². The molecule has 3 heteroatoms. The van der Waals surface area contributed by atoms with Gasteiger partial charge in [-0.25, -0.2) is 4.98 Å². The number of hydrogen-bond acceptors (Lipinski definition) is 2. The summed E-state index contributed by atoms with van der Waals surface area (Å²) in [5.74, 6) is 5.68. The molecule has 1 unspecified atom stereocenters. The van der Waals surface area contributed by atoms with Gasteiger partial charge in [0.05, 0.1) is 0 Å². The van der Waals surface area contributed by atoms with Gasteiger partial charge in [-0.1, -0.05) is 6.92 Å². The van der Waals surface area contributed by atoms with Crippen LogP contribution in [0.2, 0.25) is 0 Å². The second-order valence-corrected chi connectivity index (χ2v) is 6.78. The van der Waals surface area contributed by atoms with Crippen molar-refractivity contribution in [1.29, 1.82) is 0 Å². The van der Waals surface area contributed by atoms with Gasteiger partial charge < -0.3 is 4.57 Å². The summed E-state index contributed by atoms with van der Waals surface area (Å²) in [5, 5.41) is 0. The van der Waals surface area contributed by atoms with Gasteiger partial charge in [0, 0.05) is 24.9 Å². The Morgan fingerprint density at radius 3 is 3.00 bits per heavy atom. The molecule has 2 aliphatic heterocycles. The average Bonchev–Trinajstić information content (AvgIpc) is 2.76. The molecule has 17 heavy (non-hydrogen) atoms. The monoisotopic (exact) mass is 250 g/mol. The van der Waals surface area contributed by atoms with Crippen LogP contribution >= 0.6 is 11.8 Å². The Morgan fingerprint density at radius 1 is 1.35 bits per heavy atom. The summed E-state index contributed by atoms with van der Waals surface area (Å²) in [5.41, 5.74) is 1.48. The molecule has 0 saturated carbocycles. The molecular weight excluding hydrogens is 228 g/mol. The number of hydrogen-bond donors (Lipinski definition) is 0. The minimum Gasteiger partial charge on any atom is -0.332 e. The summed E-state index contributed by atoms with van der Waals surface area (Å²) < 4.78 is 2.51. The summed E-state index contributed by atoms with van der Waals surface area (Å²) in [6, 6.07) is 0. The predicted octanol–water partition coefficient (Wildman–Crippen LogP) is 3.47. The highest BCUT2D eigenvalue weighted by atomic mass is 32.2. The topological polar surface area (TPSA) is 17.8 Å². The van der Waals surface area contributed by atoms with Crippen molar-refractivity contribution >= 4 is 11.8 Å². The van der Waals surface area contributed by atoms with E-state index in [1.54, 1.807) is 0 Å². The Morgan fingerprint density at radius 2 is 2.18 bits per heavy atom. The molecule has 0 aromatic carbocycles. The Balaban J connectivity index is 1.74. The van der Waals surface area contributed by atoms with Gasteiger partial charge in [-0.2, -0.15) is 11.8 Å². The number of imidazole rings is 1. The van der Waals surface area contributed by atoms with E-state index in [4.69, 9.17) is 4.98 Å². The SMILES string of the molecule is CC1CCCn2c1cnc2CC1CCSCC1. The lowest BCUT2D eigenvalue weighted by atomic mass is 9.96. The number of thioether (sulfide) groups is 1. The smallest absolute Gasteiger partial charge is 0.109 e. The summed E-state index contributed by atoms with van der Waals surface area (Å²) in [6.45, 7) is 3.55. The van der Waals surface area contributed by atoms with Crippen LogP contribution in [0.15, 0.2) is 6.20 Å². The Labute approximate surface area is 108 Å². The molecule has 0 bridgehead atoms. The second-order valence-electron chi connectivity index (χ2n) is 5.55. The van der Waals surface area contributed by atoms with Crippen molar-refractivity contribution < 1.29 is 0 Å². The fourth-order valence-electron chi connectivity index (χ4n) is 3.16. The van der Waals surface area contributed by atoms with E-state index in [1.165, 1.54) is 61.7 Å². The zero-order valence-corrected chi connectivity index (χ0v) is 11.5. The number of nitrogens with zero attached hydrogens (tertiary/aromatic N) is 2. The molecular formula is C14H22N2S. The van der Waals surface area contributed by atoms with Crippen LogP contribution in [0, 0.1) is 5.92 Å². The van der Waals surface area contributed by atoms with Gasteiger partial charge in [-0.3, -0.25) is 0 Å². The van der Waals surface area contributed by atoms with Crippen LogP contribution in [-0.2, 0) is 13.0 Å². The Kier molecular flexibility index (Phi) is 3.46. The van der Waals surface area contributed by atoms with E-state index in [0.29, 0.717) is 5.92 Å². The second kappa shape index (κ2) is 5.05. The first-order valence-electron chi connectivity index (χ1n) is 6.96. The summed E-state index contributed by atoms with van der Waals surface area (Å²) in [7, 11) is 0. The maximum Gasteiger partial charge on any atom is 0.109 e. The quantitative estimate of drug-likeness (QED) is 0.800. The molecule has 3 heterocycles. The number of fused-ring (bicyclic) bond motifs is 1. The van der Waals surface area contributed by atoms with Crippen LogP contribution in [-0.4, -0.2) is 21.1 Å². The fourth-order valence-corrected chi connectivity index (χ4v) is 4.36. The highest BCUT2D eigenvalue weighted by Crippen LogP contribution is 2.30. The molecule has 0 aliphatic carbocycles. The standard InChI is InChI=1S/C14H22N2S/c1-11-3-2-6-16-13(11)10-15-14(16)9-12-4-7-17-8-5-12/h10-12H,2-9H2,1H3. The lowest BCUT2D eigenvalue weighted by Crippen LogP contribution is -2.19. The fraction of sp³-hybridized carbons (Fsp3) is 0.786. The normalized spacial score (nSPS) is 25.8. The zero-order valence-electron chi connectivity index (χ0n) is 10.7. The van der Waals surface area contributed by atoms with E-state index >= 15 is 0 Å². The van der Waals surface area contributed by atoms with Gasteiger partial charge in [-0.05, 0) is 49.0 Å². The van der Waals surface area contributed by atoms with Crippen LogP contribution in [0.25, 0.3) is 0 Å². The molecule has 2 nitrogen and oxygen atoms in total. The minimum absolute atomic E-state index is 0.715. The van der Waals surface area contributed by atoms with Crippen molar-refractivity contribution in [3.63, 3.8) is 0 Å². The molecule has 1 aromatic rings. The minimum atomic E-state index is 0.715. The average molecular weight is 250 g/mol. The third kappa shape index (κ3) is 2.40. The molecule has 1 atom stereocenters. The summed E-state index contributed by atoms with van der Waals surface area (Å²) in [4.78, 5) is 4.70. The van der Waals surface area contributed by atoms with Gasteiger partial charge in [0.1, 0.15) is 5.82 Å². The third-order valence-corrected chi connectivity index (χ3v) is 5.35. The lowest BCUT2D eigenvalue weighted by molar-refractivity contribution is 0.428. The maximum atomic E-state index is 4.70. The van der Waals surface area contributed by atoms with Gasteiger partial charge in [0.15, 0.2) is 0 Å². The van der Waals surface area contributed by atoms with E-state index in [9.17, 15) is 0 Å². The molecule has 0 radical (unpaired) electrons. The number of rotatable bonds is 2. The molecule has 1 fully saturated rings. The van der Waals surface area contributed by atoms with Crippen molar-refractivity contribution in [3.05, 3.63) is 17.7 Å². The highest BCUT2D eigenvalue weighted by molar-refractivity contribution is 7.99. The molecule has 0 N–H and O–H groups in total. The van der Waals surface area contributed by atoms with Crippen molar-refractivity contribution in [1.82, 2.24) is 9.55 Å². The Bertz CT molecular complexity index is 380. The van der Waals surface area contributed by atoms with Crippen molar-refractivity contribution in [3.8, 4) is 0 Å². The van der Waals surface area contributed by atoms with E-state index in [1.807, 2.05) is 0 Å². The first-order valence-corrected chi connectivity index (χ1v) is 8.12. The number of aromatic nitrogens is 2. The van der Waals surface area contributed by atoms with Crippen LogP contribution in [0.4, 0.5) is 0 Å². The zero-order chi connectivity index (χ0) is 11.7. The van der Waals surface area contributed by atoms with Gasteiger partial charge in [0.25, 0.3) is 0 Å². The van der Waals surface area contributed by atoms with Crippen molar-refractivity contribution in [2.45, 2.75) is 51.5 Å². The molecule has 2 aliphatic rings. The molecule has 1 aromatic heterocycles. The van der Waals surface area contributed by atoms with Crippen LogP contribution in [0.5, 0.6) is 0 Å². The van der Waals surface area contributed by atoms with E-state index in [-0.39, 0.29) is 0 Å². The molecule has 0 amide bonds. The third-order valence-electron chi connectivity index (χ3n) is 4.30. The molecule has 1 saturated heterocycles. The molecule has 3 rings (SSSR count). The highest BCUT2D eigenvalue weighted by Gasteiger charge is 2.22. The largest absolute Gasteiger partial charge is 0.332 e. The molecule has 0 spiro atoms. The van der Waals surface area contributed by atoms with Gasteiger partial charge in [-0.15, -0.1) is 0 Å². The van der Waals surface area contributed by atoms with Crippen LogP contribution in [0.1, 0.15) is 50.0 Å². The summed E-state index contributed by atoms with van der Waals surface area (Å²) >= 11 is 2.11. The van der Waals surface area contributed by atoms with Crippen molar-refractivity contribution in [2.75, 3.05) is 11.5 Å².